The Morgan fingerprint density at radius 1 is 0.949 bits per heavy atom. The zero-order chi connectivity index (χ0) is 28.0. The number of aromatic hydroxyl groups is 2. The average Bonchev–Trinajstić information content (AvgIpc) is 2.92. The first-order chi connectivity index (χ1) is 18.7. The van der Waals surface area contributed by atoms with Gasteiger partial charge < -0.3 is 31.3 Å². The van der Waals surface area contributed by atoms with Crippen molar-refractivity contribution in [1.29, 1.82) is 0 Å². The quantitative estimate of drug-likeness (QED) is 0.127. The molecule has 0 radical (unpaired) electrons. The van der Waals surface area contributed by atoms with Crippen LogP contribution in [0.25, 0.3) is 10.8 Å². The van der Waals surface area contributed by atoms with Crippen molar-refractivity contribution in [3.63, 3.8) is 0 Å². The van der Waals surface area contributed by atoms with Gasteiger partial charge in [-0.3, -0.25) is 9.59 Å². The van der Waals surface area contributed by atoms with Gasteiger partial charge in [-0.05, 0) is 72.5 Å². The fourth-order valence-electron chi connectivity index (χ4n) is 4.61. The van der Waals surface area contributed by atoms with Crippen molar-refractivity contribution in [2.75, 3.05) is 11.9 Å². The van der Waals surface area contributed by atoms with E-state index in [1.165, 1.54) is 12.1 Å². The third kappa shape index (κ3) is 6.93. The molecule has 2 amide bonds. The molecule has 4 aromatic rings. The second kappa shape index (κ2) is 12.0. The Balaban J connectivity index is 1.37. The molecule has 202 valence electrons. The maximum absolute atomic E-state index is 13.0. The highest BCUT2D eigenvalue weighted by Gasteiger charge is 2.21. The van der Waals surface area contributed by atoms with Gasteiger partial charge in [-0.1, -0.05) is 48.5 Å². The molecule has 0 aliphatic rings. The van der Waals surface area contributed by atoms with E-state index in [-0.39, 0.29) is 36.2 Å². The summed E-state index contributed by atoms with van der Waals surface area (Å²) in [5, 5.41) is 41.4. The van der Waals surface area contributed by atoms with Crippen molar-refractivity contribution in [3.05, 3.63) is 101 Å². The molecule has 39 heavy (non-hydrogen) atoms. The lowest BCUT2D eigenvalue weighted by molar-refractivity contribution is -0.105. The summed E-state index contributed by atoms with van der Waals surface area (Å²) in [6.07, 6.45) is 0.201. The molecule has 8 nitrogen and oxygen atoms in total. The second-order valence-electron chi connectivity index (χ2n) is 10.2. The zero-order valence-corrected chi connectivity index (χ0v) is 21.9. The van der Waals surface area contributed by atoms with E-state index in [1.54, 1.807) is 18.2 Å². The monoisotopic (exact) mass is 527 g/mol. The van der Waals surface area contributed by atoms with Gasteiger partial charge in [0.05, 0.1) is 11.8 Å². The number of phenolic OH excluding ortho intramolecular Hbond substituents is 2. The standard InChI is InChI=1S/C31H33N3O5/c1-31(2,34-18-29(38)22-11-13-28(37)26(15-22)33-19-35)16-20-6-5-8-23(14-20)30(39)32-17-25-24-9-4-3-7-21(24)10-12-27(25)36/h3-15,19,29,34,36-38H,16-18H2,1-2H3,(H,32,39)(H,33,35)/t29-/m0/s1. The lowest BCUT2D eigenvalue weighted by atomic mass is 9.93. The third-order valence-electron chi connectivity index (χ3n) is 6.67. The Hall–Kier alpha value is -4.40. The topological polar surface area (TPSA) is 131 Å². The average molecular weight is 528 g/mol. The predicted octanol–water partition coefficient (Wildman–Crippen LogP) is 4.39. The first-order valence-electron chi connectivity index (χ1n) is 12.7. The molecule has 0 aromatic heterocycles. The summed E-state index contributed by atoms with van der Waals surface area (Å²) in [6, 6.07) is 23.1. The first-order valence-corrected chi connectivity index (χ1v) is 12.7. The SMILES string of the molecule is CC(C)(Cc1cccc(C(=O)NCc2c(O)ccc3ccccc23)c1)NC[C@H](O)c1ccc(O)c(NC=O)c1. The molecule has 4 rings (SSSR count). The van der Waals surface area contributed by atoms with Gasteiger partial charge in [0.1, 0.15) is 11.5 Å². The lowest BCUT2D eigenvalue weighted by Gasteiger charge is -2.28. The number of carbonyl (C=O) groups is 2. The molecule has 0 fully saturated rings. The minimum Gasteiger partial charge on any atom is -0.508 e. The molecule has 4 aromatic carbocycles. The van der Waals surface area contributed by atoms with Crippen LogP contribution in [0.4, 0.5) is 5.69 Å². The number of amides is 2. The number of aliphatic hydroxyl groups is 1. The smallest absolute Gasteiger partial charge is 0.251 e. The van der Waals surface area contributed by atoms with Crippen LogP contribution in [-0.2, 0) is 17.8 Å². The van der Waals surface area contributed by atoms with Crippen LogP contribution in [0.5, 0.6) is 11.5 Å². The number of phenols is 2. The van der Waals surface area contributed by atoms with Crippen LogP contribution in [0.1, 0.15) is 47.0 Å². The third-order valence-corrected chi connectivity index (χ3v) is 6.67. The van der Waals surface area contributed by atoms with Crippen LogP contribution < -0.4 is 16.0 Å². The first kappa shape index (κ1) is 27.6. The van der Waals surface area contributed by atoms with E-state index in [2.05, 4.69) is 16.0 Å². The van der Waals surface area contributed by atoms with E-state index >= 15 is 0 Å². The molecule has 6 N–H and O–H groups in total. The molecule has 0 spiro atoms. The van der Waals surface area contributed by atoms with Gasteiger partial charge in [0.2, 0.25) is 6.41 Å². The molecule has 0 heterocycles. The summed E-state index contributed by atoms with van der Waals surface area (Å²) in [4.78, 5) is 23.7. The molecule has 0 bridgehead atoms. The van der Waals surface area contributed by atoms with Crippen molar-refractivity contribution < 1.29 is 24.9 Å². The second-order valence-corrected chi connectivity index (χ2v) is 10.2. The Labute approximate surface area is 227 Å². The number of nitrogens with one attached hydrogen (secondary N) is 3. The maximum atomic E-state index is 13.0. The number of fused-ring (bicyclic) bond motifs is 1. The molecule has 0 saturated carbocycles. The Morgan fingerprint density at radius 2 is 1.72 bits per heavy atom. The fraction of sp³-hybridized carbons (Fsp3) is 0.226. The Morgan fingerprint density at radius 3 is 2.51 bits per heavy atom. The van der Waals surface area contributed by atoms with E-state index in [1.807, 2.05) is 62.4 Å². The number of aliphatic hydroxyl groups excluding tert-OH is 1. The number of carbonyl (C=O) groups excluding carboxylic acids is 2. The summed E-state index contributed by atoms with van der Waals surface area (Å²) in [6.45, 7) is 4.45. The summed E-state index contributed by atoms with van der Waals surface area (Å²) in [5.74, 6) is -0.178. The van der Waals surface area contributed by atoms with Crippen LogP contribution in [0.3, 0.4) is 0 Å². The van der Waals surface area contributed by atoms with Crippen molar-refractivity contribution in [1.82, 2.24) is 10.6 Å². The van der Waals surface area contributed by atoms with E-state index in [4.69, 9.17) is 0 Å². The molecular weight excluding hydrogens is 494 g/mol. The highest BCUT2D eigenvalue weighted by Crippen LogP contribution is 2.28. The number of rotatable bonds is 11. The number of β-amino-alcohol motifs (C(OH)–C–C–N with tert-alkyl or cyclic N) is 1. The molecule has 0 unspecified atom stereocenters. The molecule has 8 heteroatoms. The summed E-state index contributed by atoms with van der Waals surface area (Å²) < 4.78 is 0. The van der Waals surface area contributed by atoms with Gasteiger partial charge in [-0.25, -0.2) is 0 Å². The van der Waals surface area contributed by atoms with Crippen LogP contribution in [0.15, 0.2) is 78.9 Å². The highest BCUT2D eigenvalue weighted by atomic mass is 16.3. The fourth-order valence-corrected chi connectivity index (χ4v) is 4.61. The molecule has 0 aliphatic carbocycles. The zero-order valence-electron chi connectivity index (χ0n) is 21.9. The predicted molar refractivity (Wildman–Crippen MR) is 152 cm³/mol. The van der Waals surface area contributed by atoms with E-state index in [9.17, 15) is 24.9 Å². The van der Waals surface area contributed by atoms with Gasteiger partial charge in [-0.2, -0.15) is 0 Å². The van der Waals surface area contributed by atoms with Crippen LogP contribution >= 0.6 is 0 Å². The maximum Gasteiger partial charge on any atom is 0.251 e. The highest BCUT2D eigenvalue weighted by molar-refractivity contribution is 5.95. The van der Waals surface area contributed by atoms with Gasteiger partial charge in [0.25, 0.3) is 5.91 Å². The van der Waals surface area contributed by atoms with Crippen LogP contribution in [0, 0.1) is 0 Å². The van der Waals surface area contributed by atoms with Gasteiger partial charge in [-0.15, -0.1) is 0 Å². The van der Waals surface area contributed by atoms with Gasteiger partial charge in [0.15, 0.2) is 0 Å². The van der Waals surface area contributed by atoms with Gasteiger partial charge >= 0.3 is 0 Å². The van der Waals surface area contributed by atoms with Crippen molar-refractivity contribution in [2.24, 2.45) is 0 Å². The summed E-state index contributed by atoms with van der Waals surface area (Å²) in [7, 11) is 0. The van der Waals surface area contributed by atoms with Crippen molar-refractivity contribution in [3.8, 4) is 11.5 Å². The lowest BCUT2D eigenvalue weighted by Crippen LogP contribution is -2.43. The van der Waals surface area contributed by atoms with E-state index in [0.717, 1.165) is 16.3 Å². The molecule has 0 aliphatic heterocycles. The Bertz CT molecular complexity index is 1480. The van der Waals surface area contributed by atoms with Crippen LogP contribution in [-0.4, -0.2) is 39.7 Å². The normalized spacial score (nSPS) is 12.2. The number of anilines is 1. The number of hydrogen-bond acceptors (Lipinski definition) is 6. The molecule has 0 saturated heterocycles. The van der Waals surface area contributed by atoms with E-state index < -0.39 is 11.6 Å². The summed E-state index contributed by atoms with van der Waals surface area (Å²) in [5.41, 5.74) is 2.50. The molecule has 1 atom stereocenters. The number of benzene rings is 4. The minimum atomic E-state index is -0.861. The van der Waals surface area contributed by atoms with Gasteiger partial charge in [0, 0.05) is 29.8 Å². The molecular formula is C31H33N3O5. The van der Waals surface area contributed by atoms with Crippen molar-refractivity contribution in [2.45, 2.75) is 38.5 Å². The minimum absolute atomic E-state index is 0.0795. The largest absolute Gasteiger partial charge is 0.508 e. The Kier molecular flexibility index (Phi) is 8.49. The van der Waals surface area contributed by atoms with Crippen LogP contribution in [0.2, 0.25) is 0 Å². The van der Waals surface area contributed by atoms with E-state index in [0.29, 0.717) is 29.5 Å². The number of hydrogen-bond donors (Lipinski definition) is 6. The summed E-state index contributed by atoms with van der Waals surface area (Å²) >= 11 is 0. The van der Waals surface area contributed by atoms with Crippen molar-refractivity contribution >= 4 is 28.8 Å².